The molecule has 0 spiro atoms. The number of hydrogen-bond donors (Lipinski definition) is 2. The summed E-state index contributed by atoms with van der Waals surface area (Å²) >= 11 is 0. The molecule has 1 amide bonds. The molecule has 0 saturated carbocycles. The van der Waals surface area contributed by atoms with Gasteiger partial charge in [-0.1, -0.05) is 24.3 Å². The number of aliphatic hydroxyl groups is 1. The van der Waals surface area contributed by atoms with Crippen molar-refractivity contribution < 1.29 is 23.4 Å². The number of ether oxygens (including phenoxy) is 1. The molecule has 0 aliphatic carbocycles. The van der Waals surface area contributed by atoms with Crippen molar-refractivity contribution in [2.75, 3.05) is 20.3 Å². The Morgan fingerprint density at radius 2 is 1.89 bits per heavy atom. The van der Waals surface area contributed by atoms with Crippen molar-refractivity contribution in [2.24, 2.45) is 4.99 Å². The van der Waals surface area contributed by atoms with Gasteiger partial charge in [0.25, 0.3) is 5.91 Å². The van der Waals surface area contributed by atoms with E-state index >= 15 is 0 Å². The quantitative estimate of drug-likeness (QED) is 0.488. The van der Waals surface area contributed by atoms with Crippen LogP contribution >= 0.6 is 0 Å². The SMILES string of the molecule is COc1cccc(C[C@H](CCO)NC(=O)c2cccc(F)c2C2=NCC(c3ccc(F)cc3)=C2)n1. The molecule has 1 aromatic heterocycles. The number of aromatic nitrogens is 1. The van der Waals surface area contributed by atoms with E-state index in [1.165, 1.54) is 31.4 Å². The fourth-order valence-electron chi connectivity index (χ4n) is 3.97. The van der Waals surface area contributed by atoms with Crippen LogP contribution in [0.25, 0.3) is 5.57 Å². The number of carbonyl (C=O) groups excluding carboxylic acids is 1. The van der Waals surface area contributed by atoms with Gasteiger partial charge >= 0.3 is 0 Å². The van der Waals surface area contributed by atoms with Gasteiger partial charge in [0.15, 0.2) is 0 Å². The zero-order valence-corrected chi connectivity index (χ0v) is 19.2. The maximum atomic E-state index is 15.0. The number of allylic oxidation sites excluding steroid dienone is 1. The van der Waals surface area contributed by atoms with Gasteiger partial charge in [0, 0.05) is 36.4 Å². The van der Waals surface area contributed by atoms with Crippen LogP contribution in [0.5, 0.6) is 5.88 Å². The third kappa shape index (κ3) is 5.78. The standard InChI is InChI=1S/C27H25F2N3O3/c1-35-25-7-2-4-20(31-25)15-21(12-13-33)32-27(34)22-5-3-6-23(29)26(22)24-14-18(16-30-24)17-8-10-19(28)11-9-17/h2-11,14,21,33H,12-13,15-16H2,1H3,(H,32,34)/t21-/m0/s1. The maximum Gasteiger partial charge on any atom is 0.252 e. The summed E-state index contributed by atoms with van der Waals surface area (Å²) in [4.78, 5) is 22.0. The Bertz CT molecular complexity index is 1270. The van der Waals surface area contributed by atoms with E-state index in [4.69, 9.17) is 4.74 Å². The second-order valence-corrected chi connectivity index (χ2v) is 8.10. The summed E-state index contributed by atoms with van der Waals surface area (Å²) in [7, 11) is 1.52. The monoisotopic (exact) mass is 477 g/mol. The topological polar surface area (TPSA) is 83.8 Å². The Morgan fingerprint density at radius 3 is 2.63 bits per heavy atom. The Labute approximate surface area is 202 Å². The molecule has 0 bridgehead atoms. The minimum Gasteiger partial charge on any atom is -0.481 e. The molecule has 1 aliphatic rings. The number of carbonyl (C=O) groups is 1. The third-order valence-electron chi connectivity index (χ3n) is 5.72. The lowest BCUT2D eigenvalue weighted by Crippen LogP contribution is -2.38. The number of aliphatic imine (C=N–C) groups is 1. The number of methoxy groups -OCH3 is 1. The summed E-state index contributed by atoms with van der Waals surface area (Å²) < 4.78 is 33.4. The number of halogens is 2. The first-order valence-electron chi connectivity index (χ1n) is 11.2. The van der Waals surface area contributed by atoms with Gasteiger partial charge < -0.3 is 15.2 Å². The number of pyridine rings is 1. The predicted octanol–water partition coefficient (Wildman–Crippen LogP) is 3.98. The van der Waals surface area contributed by atoms with Crippen LogP contribution in [-0.2, 0) is 6.42 Å². The second kappa shape index (κ2) is 11.0. The summed E-state index contributed by atoms with van der Waals surface area (Å²) in [6.07, 6.45) is 2.38. The minimum absolute atomic E-state index is 0.101. The van der Waals surface area contributed by atoms with Crippen molar-refractivity contribution in [3.63, 3.8) is 0 Å². The number of benzene rings is 2. The molecular formula is C27H25F2N3O3. The molecule has 0 radical (unpaired) electrons. The Kier molecular flexibility index (Phi) is 7.62. The number of amides is 1. The van der Waals surface area contributed by atoms with Crippen LogP contribution in [0.15, 0.2) is 71.7 Å². The Morgan fingerprint density at radius 1 is 1.11 bits per heavy atom. The highest BCUT2D eigenvalue weighted by Gasteiger charge is 2.24. The van der Waals surface area contributed by atoms with Crippen LogP contribution in [-0.4, -0.2) is 48.0 Å². The molecule has 8 heteroatoms. The van der Waals surface area contributed by atoms with Gasteiger partial charge in [0.05, 0.1) is 24.9 Å². The van der Waals surface area contributed by atoms with Crippen molar-refractivity contribution in [3.8, 4) is 5.88 Å². The van der Waals surface area contributed by atoms with E-state index in [1.807, 2.05) is 6.07 Å². The van der Waals surface area contributed by atoms with Gasteiger partial charge in [0.2, 0.25) is 5.88 Å². The van der Waals surface area contributed by atoms with E-state index < -0.39 is 17.8 Å². The van der Waals surface area contributed by atoms with E-state index in [0.29, 0.717) is 36.7 Å². The van der Waals surface area contributed by atoms with Gasteiger partial charge in [0.1, 0.15) is 11.6 Å². The smallest absolute Gasteiger partial charge is 0.252 e. The highest BCUT2D eigenvalue weighted by Crippen LogP contribution is 2.25. The van der Waals surface area contributed by atoms with Gasteiger partial charge in [-0.25, -0.2) is 13.8 Å². The van der Waals surface area contributed by atoms with Crippen molar-refractivity contribution in [2.45, 2.75) is 18.9 Å². The number of nitrogens with one attached hydrogen (secondary N) is 1. The summed E-state index contributed by atoms with van der Waals surface area (Å²) in [5, 5.41) is 12.4. The molecule has 180 valence electrons. The largest absolute Gasteiger partial charge is 0.481 e. The van der Waals surface area contributed by atoms with Crippen LogP contribution in [0.2, 0.25) is 0 Å². The molecule has 2 heterocycles. The van der Waals surface area contributed by atoms with Crippen LogP contribution in [0, 0.1) is 11.6 Å². The molecule has 3 aromatic rings. The third-order valence-corrected chi connectivity index (χ3v) is 5.72. The molecule has 4 rings (SSSR count). The van der Waals surface area contributed by atoms with Crippen molar-refractivity contribution in [1.29, 1.82) is 0 Å². The first-order valence-corrected chi connectivity index (χ1v) is 11.2. The average molecular weight is 478 g/mol. The molecule has 0 unspecified atom stereocenters. The molecule has 2 N–H and O–H groups in total. The first kappa shape index (κ1) is 24.2. The lowest BCUT2D eigenvalue weighted by atomic mass is 9.98. The Balaban J connectivity index is 1.57. The molecule has 0 fully saturated rings. The maximum absolute atomic E-state index is 15.0. The molecule has 6 nitrogen and oxygen atoms in total. The summed E-state index contributed by atoms with van der Waals surface area (Å²) in [6.45, 7) is 0.159. The second-order valence-electron chi connectivity index (χ2n) is 8.10. The fraction of sp³-hybridized carbons (Fsp3) is 0.222. The predicted molar refractivity (Wildman–Crippen MR) is 130 cm³/mol. The van der Waals surface area contributed by atoms with E-state index in [0.717, 1.165) is 11.1 Å². The zero-order valence-electron chi connectivity index (χ0n) is 19.2. The lowest BCUT2D eigenvalue weighted by molar-refractivity contribution is 0.0929. The van der Waals surface area contributed by atoms with E-state index in [-0.39, 0.29) is 23.6 Å². The Hall–Kier alpha value is -3.91. The normalized spacial score (nSPS) is 13.7. The van der Waals surface area contributed by atoms with Gasteiger partial charge in [-0.3, -0.25) is 9.79 Å². The number of hydrogen-bond acceptors (Lipinski definition) is 5. The van der Waals surface area contributed by atoms with Crippen LogP contribution in [0.1, 0.15) is 33.6 Å². The van der Waals surface area contributed by atoms with E-state index in [1.54, 1.807) is 36.4 Å². The summed E-state index contributed by atoms with van der Waals surface area (Å²) in [6, 6.07) is 15.2. The summed E-state index contributed by atoms with van der Waals surface area (Å²) in [5.41, 5.74) is 2.86. The molecular weight excluding hydrogens is 452 g/mol. The highest BCUT2D eigenvalue weighted by molar-refractivity contribution is 6.19. The van der Waals surface area contributed by atoms with E-state index in [2.05, 4.69) is 15.3 Å². The van der Waals surface area contributed by atoms with E-state index in [9.17, 15) is 18.7 Å². The minimum atomic E-state index is -0.568. The highest BCUT2D eigenvalue weighted by atomic mass is 19.1. The van der Waals surface area contributed by atoms with Crippen molar-refractivity contribution in [1.82, 2.24) is 10.3 Å². The van der Waals surface area contributed by atoms with Gasteiger partial charge in [-0.15, -0.1) is 0 Å². The van der Waals surface area contributed by atoms with Gasteiger partial charge in [-0.05, 0) is 54.0 Å². The van der Waals surface area contributed by atoms with Crippen molar-refractivity contribution in [3.05, 3.63) is 101 Å². The van der Waals surface area contributed by atoms with Crippen LogP contribution < -0.4 is 10.1 Å². The fourth-order valence-corrected chi connectivity index (χ4v) is 3.97. The lowest BCUT2D eigenvalue weighted by Gasteiger charge is -2.19. The number of nitrogens with zero attached hydrogens (tertiary/aromatic N) is 2. The molecule has 1 aliphatic heterocycles. The number of rotatable bonds is 9. The molecule has 2 aromatic carbocycles. The molecule has 1 atom stereocenters. The zero-order chi connectivity index (χ0) is 24.8. The number of aliphatic hydroxyl groups excluding tert-OH is 1. The summed E-state index contributed by atoms with van der Waals surface area (Å²) in [5.74, 6) is -0.941. The van der Waals surface area contributed by atoms with Crippen molar-refractivity contribution >= 4 is 17.2 Å². The molecule has 0 saturated heterocycles. The molecule has 35 heavy (non-hydrogen) atoms. The average Bonchev–Trinajstić information content (AvgIpc) is 3.34. The first-order chi connectivity index (χ1) is 17.0. The van der Waals surface area contributed by atoms with Crippen LogP contribution in [0.3, 0.4) is 0 Å². The van der Waals surface area contributed by atoms with Gasteiger partial charge in [-0.2, -0.15) is 0 Å². The van der Waals surface area contributed by atoms with Crippen LogP contribution in [0.4, 0.5) is 8.78 Å².